The van der Waals surface area contributed by atoms with Gasteiger partial charge in [0.05, 0.1) is 28.7 Å². The number of H-pyrrole nitrogens is 1. The van der Waals surface area contributed by atoms with Crippen LogP contribution in [0.3, 0.4) is 0 Å². The van der Waals surface area contributed by atoms with Crippen LogP contribution in [-0.4, -0.2) is 43.8 Å². The summed E-state index contributed by atoms with van der Waals surface area (Å²) < 4.78 is 23.6. The molecule has 1 aromatic heterocycles. The number of rotatable bonds is 1. The van der Waals surface area contributed by atoms with Crippen LogP contribution in [0.2, 0.25) is 0 Å². The van der Waals surface area contributed by atoms with E-state index in [0.29, 0.717) is 29.8 Å². The number of sulfone groups is 1. The Balaban J connectivity index is 1.63. The van der Waals surface area contributed by atoms with Crippen molar-refractivity contribution in [1.82, 2.24) is 4.98 Å². The maximum absolute atomic E-state index is 13.4. The molecule has 1 saturated heterocycles. The van der Waals surface area contributed by atoms with Crippen molar-refractivity contribution < 1.29 is 13.2 Å². The third-order valence-electron chi connectivity index (χ3n) is 6.41. The van der Waals surface area contributed by atoms with Crippen molar-refractivity contribution in [2.45, 2.75) is 19.3 Å². The molecule has 152 valence electrons. The van der Waals surface area contributed by atoms with Crippen LogP contribution in [0, 0.1) is 11.3 Å². The molecule has 1 N–H and O–H groups in total. The van der Waals surface area contributed by atoms with Crippen molar-refractivity contribution in [1.29, 1.82) is 5.26 Å². The van der Waals surface area contributed by atoms with Gasteiger partial charge in [0.25, 0.3) is 0 Å². The maximum atomic E-state index is 13.4. The quantitative estimate of drug-likeness (QED) is 0.654. The standard InChI is InChI=1S/C23H21N3O3S/c1-23(2)18-12-15(26-7-9-30(28,29)10-8-26)4-6-16(18)21(27)20-17-5-3-14(13-24)11-19(17)25-22(20)23/h3-6,11-12,25H,7-10H2,1-2H3. The molecule has 5 rings (SSSR count). The fourth-order valence-corrected chi connectivity index (χ4v) is 5.86. The number of aromatic amines is 1. The molecule has 2 aromatic carbocycles. The Labute approximate surface area is 175 Å². The second-order valence-corrected chi connectivity index (χ2v) is 10.9. The number of hydrogen-bond donors (Lipinski definition) is 1. The zero-order chi connectivity index (χ0) is 21.3. The van der Waals surface area contributed by atoms with E-state index in [1.165, 1.54) is 0 Å². The third kappa shape index (κ3) is 2.67. The van der Waals surface area contributed by atoms with Crippen molar-refractivity contribution in [3.63, 3.8) is 0 Å². The summed E-state index contributed by atoms with van der Waals surface area (Å²) in [6.45, 7) is 5.10. The highest BCUT2D eigenvalue weighted by Gasteiger charge is 2.40. The van der Waals surface area contributed by atoms with Crippen molar-refractivity contribution >= 4 is 32.2 Å². The van der Waals surface area contributed by atoms with Crippen LogP contribution >= 0.6 is 0 Å². The molecule has 6 nitrogen and oxygen atoms in total. The molecule has 30 heavy (non-hydrogen) atoms. The van der Waals surface area contributed by atoms with Gasteiger partial charge in [0.1, 0.15) is 0 Å². The number of carbonyl (C=O) groups excluding carboxylic acids is 1. The Hall–Kier alpha value is -3.11. The SMILES string of the molecule is CC1(C)c2cc(N3CCS(=O)(=O)CC3)ccc2C(=O)c2c1[nH]c1cc(C#N)ccc21. The largest absolute Gasteiger partial charge is 0.369 e. The predicted molar refractivity (Wildman–Crippen MR) is 116 cm³/mol. The summed E-state index contributed by atoms with van der Waals surface area (Å²) in [7, 11) is -2.96. The van der Waals surface area contributed by atoms with E-state index in [9.17, 15) is 18.5 Å². The first kappa shape index (κ1) is 18.9. The maximum Gasteiger partial charge on any atom is 0.195 e. The highest BCUT2D eigenvalue weighted by molar-refractivity contribution is 7.91. The molecule has 0 atom stereocenters. The summed E-state index contributed by atoms with van der Waals surface area (Å²) in [5, 5.41) is 10.0. The number of aromatic nitrogens is 1. The number of nitrogens with zero attached hydrogens (tertiary/aromatic N) is 2. The first-order valence-corrected chi connectivity index (χ1v) is 11.7. The van der Waals surface area contributed by atoms with E-state index < -0.39 is 15.3 Å². The molecular formula is C23H21N3O3S. The monoisotopic (exact) mass is 419 g/mol. The average Bonchev–Trinajstić information content (AvgIpc) is 3.12. The molecule has 1 fully saturated rings. The summed E-state index contributed by atoms with van der Waals surface area (Å²) in [5.74, 6) is 0.280. The molecule has 1 aliphatic heterocycles. The Morgan fingerprint density at radius 2 is 1.83 bits per heavy atom. The van der Waals surface area contributed by atoms with E-state index in [2.05, 4.69) is 29.8 Å². The average molecular weight is 420 g/mol. The molecule has 2 heterocycles. The number of anilines is 1. The van der Waals surface area contributed by atoms with Gasteiger partial charge in [-0.05, 0) is 35.9 Å². The number of fused-ring (bicyclic) bond motifs is 4. The van der Waals surface area contributed by atoms with Crippen molar-refractivity contribution in [3.05, 3.63) is 64.3 Å². The Morgan fingerprint density at radius 3 is 2.53 bits per heavy atom. The lowest BCUT2D eigenvalue weighted by Crippen LogP contribution is -2.40. The Morgan fingerprint density at radius 1 is 1.10 bits per heavy atom. The van der Waals surface area contributed by atoms with Crippen LogP contribution in [0.1, 0.15) is 46.6 Å². The van der Waals surface area contributed by atoms with E-state index in [0.717, 1.165) is 27.8 Å². The molecule has 3 aromatic rings. The van der Waals surface area contributed by atoms with E-state index in [1.807, 2.05) is 24.3 Å². The third-order valence-corrected chi connectivity index (χ3v) is 8.02. The predicted octanol–water partition coefficient (Wildman–Crippen LogP) is 3.14. The minimum atomic E-state index is -2.96. The first-order chi connectivity index (χ1) is 14.2. The highest BCUT2D eigenvalue weighted by atomic mass is 32.2. The Kier molecular flexibility index (Phi) is 3.90. The van der Waals surface area contributed by atoms with Crippen LogP contribution in [0.4, 0.5) is 5.69 Å². The highest BCUT2D eigenvalue weighted by Crippen LogP contribution is 2.44. The van der Waals surface area contributed by atoms with Gasteiger partial charge < -0.3 is 9.88 Å². The first-order valence-electron chi connectivity index (χ1n) is 9.92. The van der Waals surface area contributed by atoms with Crippen molar-refractivity contribution in [2.24, 2.45) is 0 Å². The fourth-order valence-electron chi connectivity index (χ4n) is 4.66. The van der Waals surface area contributed by atoms with Crippen molar-refractivity contribution in [3.8, 4) is 6.07 Å². The van der Waals surface area contributed by atoms with Gasteiger partial charge in [-0.3, -0.25) is 4.79 Å². The summed E-state index contributed by atoms with van der Waals surface area (Å²) in [6.07, 6.45) is 0. The zero-order valence-corrected chi connectivity index (χ0v) is 17.6. The molecule has 0 amide bonds. The lowest BCUT2D eigenvalue weighted by atomic mass is 9.71. The van der Waals surface area contributed by atoms with Crippen LogP contribution in [0.15, 0.2) is 36.4 Å². The van der Waals surface area contributed by atoms with Gasteiger partial charge >= 0.3 is 0 Å². The smallest absolute Gasteiger partial charge is 0.195 e. The summed E-state index contributed by atoms with van der Waals surface area (Å²) in [6, 6.07) is 13.3. The number of ketones is 1. The second kappa shape index (κ2) is 6.19. The molecule has 7 heteroatoms. The number of carbonyl (C=O) groups is 1. The molecule has 0 radical (unpaired) electrons. The van der Waals surface area contributed by atoms with E-state index in [-0.39, 0.29) is 17.3 Å². The van der Waals surface area contributed by atoms with Gasteiger partial charge in [0.15, 0.2) is 15.6 Å². The molecule has 0 spiro atoms. The molecule has 0 saturated carbocycles. The number of nitrogens with one attached hydrogen (secondary N) is 1. The second-order valence-electron chi connectivity index (χ2n) is 8.57. The van der Waals surface area contributed by atoms with Crippen LogP contribution in [-0.2, 0) is 15.3 Å². The lowest BCUT2D eigenvalue weighted by molar-refractivity contribution is 0.103. The molecule has 1 aliphatic carbocycles. The topological polar surface area (TPSA) is 94.0 Å². The minimum Gasteiger partial charge on any atom is -0.369 e. The van der Waals surface area contributed by atoms with Crippen LogP contribution in [0.25, 0.3) is 10.9 Å². The van der Waals surface area contributed by atoms with Crippen LogP contribution < -0.4 is 4.90 Å². The molecule has 0 unspecified atom stereocenters. The number of nitriles is 1. The Bertz CT molecular complexity index is 1360. The van der Waals surface area contributed by atoms with Gasteiger partial charge in [0.2, 0.25) is 0 Å². The number of hydrogen-bond acceptors (Lipinski definition) is 5. The number of benzene rings is 2. The van der Waals surface area contributed by atoms with E-state index in [4.69, 9.17) is 0 Å². The summed E-state index contributed by atoms with van der Waals surface area (Å²) >= 11 is 0. The van der Waals surface area contributed by atoms with E-state index in [1.54, 1.807) is 12.1 Å². The normalized spacial score (nSPS) is 19.2. The van der Waals surface area contributed by atoms with Gasteiger partial charge in [-0.2, -0.15) is 5.26 Å². The minimum absolute atomic E-state index is 0.0249. The van der Waals surface area contributed by atoms with Crippen molar-refractivity contribution in [2.75, 3.05) is 29.5 Å². The van der Waals surface area contributed by atoms with Gasteiger partial charge in [-0.1, -0.05) is 19.9 Å². The summed E-state index contributed by atoms with van der Waals surface area (Å²) in [5.41, 5.74) is 4.95. The lowest BCUT2D eigenvalue weighted by Gasteiger charge is -2.35. The van der Waals surface area contributed by atoms with Gasteiger partial charge in [-0.15, -0.1) is 0 Å². The van der Waals surface area contributed by atoms with Gasteiger partial charge in [0, 0.05) is 46.4 Å². The molecule has 2 aliphatic rings. The van der Waals surface area contributed by atoms with Crippen LogP contribution in [0.5, 0.6) is 0 Å². The van der Waals surface area contributed by atoms with E-state index >= 15 is 0 Å². The fraction of sp³-hybridized carbons (Fsp3) is 0.304. The molecule has 0 bridgehead atoms. The summed E-state index contributed by atoms with van der Waals surface area (Å²) in [4.78, 5) is 18.9. The zero-order valence-electron chi connectivity index (χ0n) is 16.8. The molecular weight excluding hydrogens is 398 g/mol. The van der Waals surface area contributed by atoms with Gasteiger partial charge in [-0.25, -0.2) is 8.42 Å².